The fourth-order valence-corrected chi connectivity index (χ4v) is 4.78. The summed E-state index contributed by atoms with van der Waals surface area (Å²) in [5.41, 5.74) is 1.10. The molecule has 5 nitrogen and oxygen atoms in total. The van der Waals surface area contributed by atoms with Crippen LogP contribution in [0, 0.1) is 0 Å². The maximum absolute atomic E-state index is 12.8. The Hall–Kier alpha value is -1.70. The molecule has 0 bridgehead atoms. The summed E-state index contributed by atoms with van der Waals surface area (Å²) in [6.45, 7) is 0.281. The van der Waals surface area contributed by atoms with Crippen molar-refractivity contribution in [1.82, 2.24) is 9.55 Å². The lowest BCUT2D eigenvalue weighted by Crippen LogP contribution is -2.30. The van der Waals surface area contributed by atoms with Gasteiger partial charge in [-0.05, 0) is 43.0 Å². The molecule has 0 amide bonds. The number of aliphatic hydroxyl groups excluding tert-OH is 1. The Kier molecular flexibility index (Phi) is 4.62. The average molecular weight is 421 g/mol. The molecule has 130 valence electrons. The quantitative estimate of drug-likeness (QED) is 0.688. The first kappa shape index (κ1) is 16.8. The van der Waals surface area contributed by atoms with Crippen LogP contribution in [0.5, 0.6) is 5.75 Å². The van der Waals surface area contributed by atoms with Gasteiger partial charge in [0.25, 0.3) is 5.56 Å². The number of rotatable bonds is 5. The molecule has 0 fully saturated rings. The van der Waals surface area contributed by atoms with Crippen molar-refractivity contribution in [3.8, 4) is 5.75 Å². The van der Waals surface area contributed by atoms with Crippen LogP contribution in [0.4, 0.5) is 0 Å². The van der Waals surface area contributed by atoms with Crippen LogP contribution in [0.1, 0.15) is 16.9 Å². The van der Waals surface area contributed by atoms with Gasteiger partial charge in [0.15, 0.2) is 0 Å². The van der Waals surface area contributed by atoms with E-state index >= 15 is 0 Å². The molecule has 2 aromatic heterocycles. The average Bonchev–Trinajstić information content (AvgIpc) is 3.16. The minimum absolute atomic E-state index is 0.0640. The molecule has 1 N–H and O–H groups in total. The van der Waals surface area contributed by atoms with Crippen molar-refractivity contribution >= 4 is 37.5 Å². The van der Waals surface area contributed by atoms with Gasteiger partial charge in [0, 0.05) is 9.35 Å². The molecule has 3 aromatic rings. The molecule has 25 heavy (non-hydrogen) atoms. The van der Waals surface area contributed by atoms with E-state index < -0.39 is 6.10 Å². The van der Waals surface area contributed by atoms with Crippen LogP contribution in [0.25, 0.3) is 10.2 Å². The van der Waals surface area contributed by atoms with E-state index in [1.807, 2.05) is 24.3 Å². The number of aliphatic hydroxyl groups is 1. The van der Waals surface area contributed by atoms with Crippen molar-refractivity contribution in [3.05, 3.63) is 55.9 Å². The second-order valence-electron chi connectivity index (χ2n) is 6.16. The summed E-state index contributed by atoms with van der Waals surface area (Å²) in [7, 11) is 0. The fraction of sp³-hybridized carbons (Fsp3) is 0.333. The van der Waals surface area contributed by atoms with Gasteiger partial charge in [0.2, 0.25) is 0 Å². The van der Waals surface area contributed by atoms with E-state index in [4.69, 9.17) is 4.74 Å². The summed E-state index contributed by atoms with van der Waals surface area (Å²) in [5, 5.41) is 11.0. The number of hydrogen-bond donors (Lipinski definition) is 1. The summed E-state index contributed by atoms with van der Waals surface area (Å²) < 4.78 is 8.00. The van der Waals surface area contributed by atoms with Crippen molar-refractivity contribution in [1.29, 1.82) is 0 Å². The van der Waals surface area contributed by atoms with E-state index in [0.29, 0.717) is 5.75 Å². The van der Waals surface area contributed by atoms with E-state index in [1.54, 1.807) is 11.3 Å². The summed E-state index contributed by atoms with van der Waals surface area (Å²) >= 11 is 5.00. The first-order chi connectivity index (χ1) is 12.1. The van der Waals surface area contributed by atoms with E-state index in [1.165, 1.54) is 15.8 Å². The normalized spacial score (nSPS) is 14.6. The zero-order chi connectivity index (χ0) is 17.4. The van der Waals surface area contributed by atoms with Gasteiger partial charge in [-0.1, -0.05) is 22.0 Å². The second kappa shape index (κ2) is 6.90. The molecule has 1 aliphatic rings. The number of ether oxygens (including phenoxy) is 1. The molecular formula is C18H17BrN2O3S. The Morgan fingerprint density at radius 1 is 1.40 bits per heavy atom. The van der Waals surface area contributed by atoms with Crippen molar-refractivity contribution < 1.29 is 9.84 Å². The lowest BCUT2D eigenvalue weighted by Gasteiger charge is -2.14. The molecule has 1 atom stereocenters. The van der Waals surface area contributed by atoms with Crippen molar-refractivity contribution in [2.45, 2.75) is 31.9 Å². The standard InChI is InChI=1S/C18H17BrN2O3S/c19-11-3-1-4-13(7-11)24-9-12(22)8-21-10-20-17-16(18(21)23)14-5-2-6-15(14)25-17/h1,3-4,7,10,12,22H,2,5-6,8-9H2/t12-/m1/s1. The first-order valence-electron chi connectivity index (χ1n) is 8.18. The van der Waals surface area contributed by atoms with Gasteiger partial charge in [-0.3, -0.25) is 9.36 Å². The van der Waals surface area contributed by atoms with E-state index in [9.17, 15) is 9.90 Å². The van der Waals surface area contributed by atoms with Gasteiger partial charge >= 0.3 is 0 Å². The highest BCUT2D eigenvalue weighted by Gasteiger charge is 2.21. The molecule has 0 radical (unpaired) electrons. The SMILES string of the molecule is O=c1c2c3c(sc2ncn1C[C@@H](O)COc1cccc(Br)c1)CCC3. The number of aryl methyl sites for hydroxylation is 2. The van der Waals surface area contributed by atoms with Crippen LogP contribution in [-0.4, -0.2) is 27.4 Å². The predicted octanol–water partition coefficient (Wildman–Crippen LogP) is 3.15. The van der Waals surface area contributed by atoms with Crippen LogP contribution in [0.15, 0.2) is 39.9 Å². The van der Waals surface area contributed by atoms with Gasteiger partial charge in [-0.2, -0.15) is 0 Å². The lowest BCUT2D eigenvalue weighted by molar-refractivity contribution is 0.0914. The van der Waals surface area contributed by atoms with E-state index in [0.717, 1.165) is 39.5 Å². The molecule has 1 aliphatic carbocycles. The van der Waals surface area contributed by atoms with Crippen LogP contribution in [0.3, 0.4) is 0 Å². The van der Waals surface area contributed by atoms with Gasteiger partial charge in [0.05, 0.1) is 18.3 Å². The van der Waals surface area contributed by atoms with E-state index in [2.05, 4.69) is 20.9 Å². The zero-order valence-corrected chi connectivity index (χ0v) is 15.8. The number of thiophene rings is 1. The van der Waals surface area contributed by atoms with Crippen molar-refractivity contribution in [2.24, 2.45) is 0 Å². The Bertz CT molecular complexity index is 982. The smallest absolute Gasteiger partial charge is 0.262 e. The highest BCUT2D eigenvalue weighted by atomic mass is 79.9. The molecule has 0 saturated carbocycles. The molecule has 0 unspecified atom stereocenters. The molecule has 0 aliphatic heterocycles. The highest BCUT2D eigenvalue weighted by Crippen LogP contribution is 2.34. The third-order valence-corrected chi connectivity index (χ3v) is 6.03. The molecule has 1 aromatic carbocycles. The third kappa shape index (κ3) is 3.36. The molecule has 7 heteroatoms. The summed E-state index contributed by atoms with van der Waals surface area (Å²) in [6, 6.07) is 7.43. The van der Waals surface area contributed by atoms with Crippen LogP contribution < -0.4 is 10.3 Å². The van der Waals surface area contributed by atoms with Crippen molar-refractivity contribution in [3.63, 3.8) is 0 Å². The Morgan fingerprint density at radius 2 is 2.28 bits per heavy atom. The Balaban J connectivity index is 1.50. The third-order valence-electron chi connectivity index (χ3n) is 4.34. The number of halogens is 1. The predicted molar refractivity (Wildman–Crippen MR) is 102 cm³/mol. The highest BCUT2D eigenvalue weighted by molar-refractivity contribution is 9.10. The van der Waals surface area contributed by atoms with Crippen LogP contribution in [0.2, 0.25) is 0 Å². The summed E-state index contributed by atoms with van der Waals surface area (Å²) in [5.74, 6) is 0.671. The minimum atomic E-state index is -0.789. The monoisotopic (exact) mass is 420 g/mol. The maximum Gasteiger partial charge on any atom is 0.262 e. The Labute approximate surface area is 157 Å². The molecule has 4 rings (SSSR count). The fourth-order valence-electron chi connectivity index (χ4n) is 3.18. The largest absolute Gasteiger partial charge is 0.491 e. The maximum atomic E-state index is 12.8. The van der Waals surface area contributed by atoms with Gasteiger partial charge in [-0.25, -0.2) is 4.98 Å². The van der Waals surface area contributed by atoms with Gasteiger partial charge in [0.1, 0.15) is 23.3 Å². The molecule has 2 heterocycles. The van der Waals surface area contributed by atoms with E-state index in [-0.39, 0.29) is 18.7 Å². The van der Waals surface area contributed by atoms with Gasteiger partial charge in [-0.15, -0.1) is 11.3 Å². The Morgan fingerprint density at radius 3 is 3.12 bits per heavy atom. The number of aromatic nitrogens is 2. The molecule has 0 saturated heterocycles. The zero-order valence-electron chi connectivity index (χ0n) is 13.4. The van der Waals surface area contributed by atoms with Crippen LogP contribution >= 0.6 is 27.3 Å². The minimum Gasteiger partial charge on any atom is -0.491 e. The second-order valence-corrected chi connectivity index (χ2v) is 8.16. The van der Waals surface area contributed by atoms with Gasteiger partial charge < -0.3 is 9.84 Å². The number of hydrogen-bond acceptors (Lipinski definition) is 5. The summed E-state index contributed by atoms with van der Waals surface area (Å²) in [6.07, 6.45) is 3.83. The molecule has 0 spiro atoms. The number of nitrogens with zero attached hydrogens (tertiary/aromatic N) is 2. The first-order valence-corrected chi connectivity index (χ1v) is 9.79. The summed E-state index contributed by atoms with van der Waals surface area (Å²) in [4.78, 5) is 19.3. The van der Waals surface area contributed by atoms with Crippen LogP contribution in [-0.2, 0) is 19.4 Å². The number of fused-ring (bicyclic) bond motifs is 3. The topological polar surface area (TPSA) is 64.4 Å². The lowest BCUT2D eigenvalue weighted by atomic mass is 10.2. The van der Waals surface area contributed by atoms with Crippen molar-refractivity contribution in [2.75, 3.05) is 6.61 Å². The molecular weight excluding hydrogens is 404 g/mol. The number of benzene rings is 1.